The highest BCUT2D eigenvalue weighted by Crippen LogP contribution is 2.34. The largest absolute Gasteiger partial charge is 0.384 e. The van der Waals surface area contributed by atoms with E-state index in [0.29, 0.717) is 5.78 Å². The SMILES string of the molecule is O=C(/C1=C/CCCCCC1)C1CNc2ccccc21. The van der Waals surface area contributed by atoms with Crippen LogP contribution in [-0.4, -0.2) is 12.3 Å². The summed E-state index contributed by atoms with van der Waals surface area (Å²) in [5, 5.41) is 3.35. The first-order valence-corrected chi connectivity index (χ1v) is 7.42. The molecular weight excluding hydrogens is 234 g/mol. The monoisotopic (exact) mass is 255 g/mol. The molecule has 1 heterocycles. The van der Waals surface area contributed by atoms with Crippen LogP contribution < -0.4 is 5.32 Å². The first-order valence-electron chi connectivity index (χ1n) is 7.42. The Balaban J connectivity index is 1.81. The van der Waals surface area contributed by atoms with Crippen molar-refractivity contribution in [2.75, 3.05) is 11.9 Å². The Hall–Kier alpha value is -1.57. The topological polar surface area (TPSA) is 29.1 Å². The van der Waals surface area contributed by atoms with Gasteiger partial charge in [-0.1, -0.05) is 37.1 Å². The van der Waals surface area contributed by atoms with Crippen molar-refractivity contribution in [3.05, 3.63) is 41.5 Å². The second-order valence-electron chi connectivity index (χ2n) is 5.57. The maximum absolute atomic E-state index is 12.7. The van der Waals surface area contributed by atoms with Crippen molar-refractivity contribution in [1.29, 1.82) is 0 Å². The molecule has 2 heteroatoms. The van der Waals surface area contributed by atoms with E-state index in [4.69, 9.17) is 0 Å². The minimum atomic E-state index is 0.0295. The van der Waals surface area contributed by atoms with E-state index in [-0.39, 0.29) is 5.92 Å². The summed E-state index contributed by atoms with van der Waals surface area (Å²) in [6.07, 6.45) is 9.22. The van der Waals surface area contributed by atoms with Gasteiger partial charge in [0.25, 0.3) is 0 Å². The number of nitrogens with one attached hydrogen (secondary N) is 1. The first-order chi connectivity index (χ1) is 9.36. The molecule has 1 aliphatic carbocycles. The van der Waals surface area contributed by atoms with Crippen LogP contribution in [0.25, 0.3) is 0 Å². The molecule has 0 bridgehead atoms. The fourth-order valence-corrected chi connectivity index (χ4v) is 3.16. The summed E-state index contributed by atoms with van der Waals surface area (Å²) in [4.78, 5) is 12.7. The summed E-state index contributed by atoms with van der Waals surface area (Å²) >= 11 is 0. The molecule has 0 spiro atoms. The number of carbonyl (C=O) groups excluding carboxylic acids is 1. The lowest BCUT2D eigenvalue weighted by Crippen LogP contribution is -2.17. The fourth-order valence-electron chi connectivity index (χ4n) is 3.16. The Morgan fingerprint density at radius 2 is 1.95 bits per heavy atom. The van der Waals surface area contributed by atoms with Crippen molar-refractivity contribution in [3.8, 4) is 0 Å². The third-order valence-corrected chi connectivity index (χ3v) is 4.26. The molecule has 0 amide bonds. The number of benzene rings is 1. The third kappa shape index (κ3) is 2.58. The van der Waals surface area contributed by atoms with Crippen molar-refractivity contribution >= 4 is 11.5 Å². The van der Waals surface area contributed by atoms with Crippen LogP contribution in [0.15, 0.2) is 35.9 Å². The van der Waals surface area contributed by atoms with E-state index >= 15 is 0 Å². The van der Waals surface area contributed by atoms with Gasteiger partial charge < -0.3 is 5.32 Å². The molecule has 0 fully saturated rings. The number of Topliss-reactive ketones (excluding diaryl/α,β-unsaturated/α-hetero) is 1. The maximum Gasteiger partial charge on any atom is 0.167 e. The van der Waals surface area contributed by atoms with Crippen molar-refractivity contribution in [1.82, 2.24) is 0 Å². The Morgan fingerprint density at radius 1 is 1.11 bits per heavy atom. The standard InChI is InChI=1S/C17H21NO/c19-17(13-8-4-2-1-3-5-9-13)15-12-18-16-11-7-6-10-14(15)16/h6-8,10-11,15,18H,1-5,9,12H2/b13-8+. The molecule has 1 atom stereocenters. The van der Waals surface area contributed by atoms with E-state index in [1.54, 1.807) is 0 Å². The van der Waals surface area contributed by atoms with Crippen LogP contribution in [0.1, 0.15) is 50.0 Å². The zero-order valence-electron chi connectivity index (χ0n) is 11.3. The van der Waals surface area contributed by atoms with Crippen LogP contribution in [0.4, 0.5) is 5.69 Å². The van der Waals surface area contributed by atoms with Crippen molar-refractivity contribution in [3.63, 3.8) is 0 Å². The van der Waals surface area contributed by atoms with Crippen molar-refractivity contribution in [2.24, 2.45) is 0 Å². The minimum absolute atomic E-state index is 0.0295. The molecule has 0 radical (unpaired) electrons. The average Bonchev–Trinajstić information content (AvgIpc) is 2.81. The highest BCUT2D eigenvalue weighted by Gasteiger charge is 2.29. The minimum Gasteiger partial charge on any atom is -0.384 e. The summed E-state index contributed by atoms with van der Waals surface area (Å²) < 4.78 is 0. The third-order valence-electron chi connectivity index (χ3n) is 4.26. The Morgan fingerprint density at radius 3 is 2.89 bits per heavy atom. The van der Waals surface area contributed by atoms with Gasteiger partial charge in [0.2, 0.25) is 0 Å². The van der Waals surface area contributed by atoms with Gasteiger partial charge in [-0.15, -0.1) is 0 Å². The quantitative estimate of drug-likeness (QED) is 0.864. The lowest BCUT2D eigenvalue weighted by atomic mass is 9.88. The summed E-state index contributed by atoms with van der Waals surface area (Å²) in [5.41, 5.74) is 3.38. The number of para-hydroxylation sites is 1. The number of rotatable bonds is 2. The van der Waals surface area contributed by atoms with Crippen LogP contribution in [0, 0.1) is 0 Å². The summed E-state index contributed by atoms with van der Waals surface area (Å²) in [5.74, 6) is 0.376. The molecule has 0 saturated heterocycles. The predicted octanol–water partition coefficient (Wildman–Crippen LogP) is 4.05. The van der Waals surface area contributed by atoms with Gasteiger partial charge >= 0.3 is 0 Å². The molecule has 1 aromatic rings. The van der Waals surface area contributed by atoms with Gasteiger partial charge in [0.1, 0.15) is 0 Å². The van der Waals surface area contributed by atoms with E-state index in [1.165, 1.54) is 31.2 Å². The summed E-state index contributed by atoms with van der Waals surface area (Å²) in [7, 11) is 0. The number of fused-ring (bicyclic) bond motifs is 1. The lowest BCUT2D eigenvalue weighted by Gasteiger charge is -2.14. The van der Waals surface area contributed by atoms with Gasteiger partial charge in [-0.3, -0.25) is 4.79 Å². The molecule has 3 rings (SSSR count). The molecule has 1 aromatic carbocycles. The zero-order valence-corrected chi connectivity index (χ0v) is 11.3. The fraction of sp³-hybridized carbons (Fsp3) is 0.471. The van der Waals surface area contributed by atoms with E-state index in [2.05, 4.69) is 23.5 Å². The zero-order chi connectivity index (χ0) is 13.1. The molecule has 19 heavy (non-hydrogen) atoms. The molecule has 0 aromatic heterocycles. The van der Waals surface area contributed by atoms with E-state index in [1.807, 2.05) is 12.1 Å². The normalized spacial score (nSPS) is 25.5. The molecule has 100 valence electrons. The summed E-state index contributed by atoms with van der Waals surface area (Å²) in [6.45, 7) is 0.759. The van der Waals surface area contributed by atoms with Crippen LogP contribution in [0.2, 0.25) is 0 Å². The molecule has 1 unspecified atom stereocenters. The van der Waals surface area contributed by atoms with E-state index in [0.717, 1.165) is 30.6 Å². The van der Waals surface area contributed by atoms with Gasteiger partial charge in [0.05, 0.1) is 5.92 Å². The smallest absolute Gasteiger partial charge is 0.167 e. The van der Waals surface area contributed by atoms with Crippen molar-refractivity contribution in [2.45, 2.75) is 44.4 Å². The number of ketones is 1. The Kier molecular flexibility index (Phi) is 3.67. The number of anilines is 1. The highest BCUT2D eigenvalue weighted by molar-refractivity contribution is 6.02. The second kappa shape index (κ2) is 5.60. The van der Waals surface area contributed by atoms with Crippen LogP contribution in [-0.2, 0) is 4.79 Å². The molecule has 2 aliphatic rings. The van der Waals surface area contributed by atoms with Crippen LogP contribution in [0.3, 0.4) is 0 Å². The Labute approximate surface area is 114 Å². The van der Waals surface area contributed by atoms with Crippen molar-refractivity contribution < 1.29 is 4.79 Å². The van der Waals surface area contributed by atoms with Gasteiger partial charge in [0, 0.05) is 12.2 Å². The Bertz CT molecular complexity index is 504. The second-order valence-corrected chi connectivity index (χ2v) is 5.57. The highest BCUT2D eigenvalue weighted by atomic mass is 16.1. The lowest BCUT2D eigenvalue weighted by molar-refractivity contribution is -0.116. The number of allylic oxidation sites excluding steroid dienone is 2. The van der Waals surface area contributed by atoms with E-state index < -0.39 is 0 Å². The van der Waals surface area contributed by atoms with E-state index in [9.17, 15) is 4.79 Å². The molecule has 1 aliphatic heterocycles. The van der Waals surface area contributed by atoms with Gasteiger partial charge in [-0.25, -0.2) is 0 Å². The van der Waals surface area contributed by atoms with Gasteiger partial charge in [0.15, 0.2) is 5.78 Å². The van der Waals surface area contributed by atoms with Crippen LogP contribution >= 0.6 is 0 Å². The first kappa shape index (κ1) is 12.5. The maximum atomic E-state index is 12.7. The number of hydrogen-bond acceptors (Lipinski definition) is 2. The average molecular weight is 255 g/mol. The van der Waals surface area contributed by atoms with Gasteiger partial charge in [-0.05, 0) is 42.9 Å². The number of carbonyl (C=O) groups is 1. The molecule has 1 N–H and O–H groups in total. The molecule has 0 saturated carbocycles. The molecule has 2 nitrogen and oxygen atoms in total. The number of hydrogen-bond donors (Lipinski definition) is 1. The summed E-state index contributed by atoms with van der Waals surface area (Å²) in [6, 6.07) is 8.20. The van der Waals surface area contributed by atoms with Crippen LogP contribution in [0.5, 0.6) is 0 Å². The molecular formula is C17H21NO. The van der Waals surface area contributed by atoms with Gasteiger partial charge in [-0.2, -0.15) is 0 Å². The predicted molar refractivity (Wildman–Crippen MR) is 78.5 cm³/mol.